The number of carbonyl (C=O) groups is 1. The van der Waals surface area contributed by atoms with Crippen molar-refractivity contribution in [2.45, 2.75) is 13.5 Å². The molecule has 0 aliphatic heterocycles. The summed E-state index contributed by atoms with van der Waals surface area (Å²) in [7, 11) is 1.35. The molecule has 0 saturated carbocycles. The molecule has 4 rings (SSSR count). The first-order valence-electron chi connectivity index (χ1n) is 9.44. The number of hydrogen-bond acceptors (Lipinski definition) is 7. The van der Waals surface area contributed by atoms with Gasteiger partial charge < -0.3 is 14.6 Å². The third-order valence-electron chi connectivity index (χ3n) is 4.59. The van der Waals surface area contributed by atoms with Gasteiger partial charge in [0.2, 0.25) is 5.95 Å². The Bertz CT molecular complexity index is 1280. The fourth-order valence-corrected chi connectivity index (χ4v) is 3.14. The number of hydrogen-bond donors (Lipinski definition) is 1. The van der Waals surface area contributed by atoms with Crippen LogP contribution in [0.1, 0.15) is 27.2 Å². The highest BCUT2D eigenvalue weighted by Crippen LogP contribution is 2.21. The molecule has 2 heterocycles. The summed E-state index contributed by atoms with van der Waals surface area (Å²) in [4.78, 5) is 20.2. The Morgan fingerprint density at radius 2 is 2.06 bits per heavy atom. The van der Waals surface area contributed by atoms with E-state index in [4.69, 9.17) is 4.74 Å². The minimum atomic E-state index is -0.384. The Kier molecular flexibility index (Phi) is 5.45. The zero-order valence-electron chi connectivity index (χ0n) is 17.0. The lowest BCUT2D eigenvalue weighted by Gasteiger charge is -2.08. The molecular weight excluding hydrogens is 394 g/mol. The van der Waals surface area contributed by atoms with Crippen molar-refractivity contribution in [2.24, 2.45) is 0 Å². The number of benzene rings is 2. The summed E-state index contributed by atoms with van der Waals surface area (Å²) >= 11 is 0. The van der Waals surface area contributed by atoms with Gasteiger partial charge in [0.15, 0.2) is 0 Å². The van der Waals surface area contributed by atoms with E-state index < -0.39 is 0 Å². The van der Waals surface area contributed by atoms with Crippen molar-refractivity contribution in [1.82, 2.24) is 24.3 Å². The van der Waals surface area contributed by atoms with Gasteiger partial charge in [0.05, 0.1) is 42.5 Å². The van der Waals surface area contributed by atoms with Gasteiger partial charge in [-0.25, -0.2) is 19.4 Å². The highest BCUT2D eigenvalue weighted by Gasteiger charge is 2.10. The van der Waals surface area contributed by atoms with Crippen LogP contribution in [-0.4, -0.2) is 37.4 Å². The molecule has 31 heavy (non-hydrogen) atoms. The van der Waals surface area contributed by atoms with Gasteiger partial charge in [0.25, 0.3) is 0 Å². The molecule has 2 aromatic carbocycles. The van der Waals surface area contributed by atoms with E-state index in [2.05, 4.69) is 26.5 Å². The lowest BCUT2D eigenvalue weighted by molar-refractivity contribution is 0.0600. The molecule has 9 nitrogen and oxygen atoms in total. The minimum absolute atomic E-state index is 0.384. The number of carbonyl (C=O) groups excluding carboxylic acids is 1. The molecule has 0 aliphatic carbocycles. The summed E-state index contributed by atoms with van der Waals surface area (Å²) in [5.74, 6) is 0.0182. The van der Waals surface area contributed by atoms with E-state index in [1.165, 1.54) is 7.11 Å². The molecule has 1 N–H and O–H groups in total. The molecule has 0 bridgehead atoms. The highest BCUT2D eigenvalue weighted by atomic mass is 16.5. The molecular formula is C22H19N7O2. The van der Waals surface area contributed by atoms with E-state index in [9.17, 15) is 10.1 Å². The largest absolute Gasteiger partial charge is 0.465 e. The second kappa shape index (κ2) is 8.51. The quantitative estimate of drug-likeness (QED) is 0.483. The van der Waals surface area contributed by atoms with E-state index in [0.717, 1.165) is 16.9 Å². The Morgan fingerprint density at radius 3 is 2.81 bits per heavy atom. The maximum Gasteiger partial charge on any atom is 0.337 e. The molecule has 0 saturated heterocycles. The van der Waals surface area contributed by atoms with Crippen molar-refractivity contribution in [3.63, 3.8) is 0 Å². The number of anilines is 2. The van der Waals surface area contributed by atoms with Crippen LogP contribution in [0.15, 0.2) is 61.3 Å². The Morgan fingerprint density at radius 1 is 1.19 bits per heavy atom. The number of methoxy groups -OCH3 is 1. The molecule has 0 unspecified atom stereocenters. The van der Waals surface area contributed by atoms with E-state index in [-0.39, 0.29) is 5.97 Å². The number of nitriles is 1. The number of aryl methyl sites for hydroxylation is 1. The number of esters is 1. The van der Waals surface area contributed by atoms with Crippen LogP contribution in [0, 0.1) is 18.3 Å². The Hall–Kier alpha value is -4.45. The molecule has 0 atom stereocenters. The fraction of sp³-hybridized carbons (Fsp3) is 0.136. The van der Waals surface area contributed by atoms with Crippen molar-refractivity contribution < 1.29 is 9.53 Å². The molecule has 9 heteroatoms. The fourth-order valence-electron chi connectivity index (χ4n) is 3.14. The monoisotopic (exact) mass is 413 g/mol. The smallest absolute Gasteiger partial charge is 0.337 e. The minimum Gasteiger partial charge on any atom is -0.465 e. The van der Waals surface area contributed by atoms with Gasteiger partial charge in [0.1, 0.15) is 12.4 Å². The van der Waals surface area contributed by atoms with Crippen molar-refractivity contribution >= 4 is 17.6 Å². The first-order chi connectivity index (χ1) is 15.1. The molecule has 0 fully saturated rings. The van der Waals surface area contributed by atoms with Gasteiger partial charge in [0, 0.05) is 11.9 Å². The number of aromatic nitrogens is 5. The van der Waals surface area contributed by atoms with Crippen molar-refractivity contribution in [1.29, 1.82) is 5.26 Å². The lowest BCUT2D eigenvalue weighted by Crippen LogP contribution is -2.05. The normalized spacial score (nSPS) is 10.5. The first-order valence-corrected chi connectivity index (χ1v) is 9.44. The van der Waals surface area contributed by atoms with Crippen molar-refractivity contribution in [2.75, 3.05) is 12.4 Å². The van der Waals surface area contributed by atoms with Gasteiger partial charge in [-0.1, -0.05) is 12.1 Å². The Balaban J connectivity index is 1.49. The van der Waals surface area contributed by atoms with E-state index in [1.54, 1.807) is 41.6 Å². The molecule has 0 radical (unpaired) electrons. The van der Waals surface area contributed by atoms with Crippen LogP contribution in [0.25, 0.3) is 5.69 Å². The molecule has 4 aromatic rings. The summed E-state index contributed by atoms with van der Waals surface area (Å²) < 4.78 is 8.23. The standard InChI is InChI=1S/C22H19N7O2/c1-15-11-28(13-24-15)20-7-6-19(9-18(20)10-23)26-22-25-14-29(27-22)12-16-4-3-5-17(8-16)21(30)31-2/h3-9,11,13-14H,12H2,1-2H3,(H,26,27). The number of imidazole rings is 1. The van der Waals surface area contributed by atoms with Gasteiger partial charge in [-0.3, -0.25) is 0 Å². The average molecular weight is 413 g/mol. The van der Waals surface area contributed by atoms with Gasteiger partial charge in [-0.05, 0) is 42.8 Å². The van der Waals surface area contributed by atoms with Crippen molar-refractivity contribution in [3.05, 3.63) is 83.7 Å². The van der Waals surface area contributed by atoms with Crippen LogP contribution in [0.4, 0.5) is 11.6 Å². The van der Waals surface area contributed by atoms with Gasteiger partial charge in [-0.2, -0.15) is 5.26 Å². The maximum atomic E-state index is 11.7. The molecule has 2 aromatic heterocycles. The lowest BCUT2D eigenvalue weighted by atomic mass is 10.1. The summed E-state index contributed by atoms with van der Waals surface area (Å²) in [5.41, 5.74) is 4.20. The topological polar surface area (TPSA) is 111 Å². The van der Waals surface area contributed by atoms with Crippen LogP contribution in [-0.2, 0) is 11.3 Å². The Labute approximate surface area is 178 Å². The van der Waals surface area contributed by atoms with Gasteiger partial charge >= 0.3 is 5.97 Å². The van der Waals surface area contributed by atoms with Crippen LogP contribution in [0.2, 0.25) is 0 Å². The molecule has 154 valence electrons. The first kappa shape index (κ1) is 19.8. The summed E-state index contributed by atoms with van der Waals surface area (Å²) in [6.07, 6.45) is 5.14. The second-order valence-corrected chi connectivity index (χ2v) is 6.85. The van der Waals surface area contributed by atoms with Crippen molar-refractivity contribution in [3.8, 4) is 11.8 Å². The number of ether oxygens (including phenoxy) is 1. The number of nitrogens with one attached hydrogen (secondary N) is 1. The van der Waals surface area contributed by atoms with E-state index >= 15 is 0 Å². The van der Waals surface area contributed by atoms with Crippen LogP contribution < -0.4 is 5.32 Å². The van der Waals surface area contributed by atoms with Crippen LogP contribution >= 0.6 is 0 Å². The summed E-state index contributed by atoms with van der Waals surface area (Å²) in [5, 5.41) is 17.1. The van der Waals surface area contributed by atoms with E-state index in [0.29, 0.717) is 29.3 Å². The molecule has 0 aliphatic rings. The highest BCUT2D eigenvalue weighted by molar-refractivity contribution is 5.89. The number of nitrogens with zero attached hydrogens (tertiary/aromatic N) is 6. The molecule has 0 spiro atoms. The predicted molar refractivity (Wildman–Crippen MR) is 113 cm³/mol. The van der Waals surface area contributed by atoms with Gasteiger partial charge in [-0.15, -0.1) is 5.10 Å². The van der Waals surface area contributed by atoms with Crippen LogP contribution in [0.3, 0.4) is 0 Å². The van der Waals surface area contributed by atoms with Crippen LogP contribution in [0.5, 0.6) is 0 Å². The maximum absolute atomic E-state index is 11.7. The predicted octanol–water partition coefficient (Wildman–Crippen LogP) is 3.22. The summed E-state index contributed by atoms with van der Waals surface area (Å²) in [6, 6.07) is 14.8. The SMILES string of the molecule is COC(=O)c1cccc(Cn2cnc(Nc3ccc(-n4cnc(C)c4)c(C#N)c3)n2)c1. The third kappa shape index (κ3) is 4.43. The van der Waals surface area contributed by atoms with E-state index in [1.807, 2.05) is 35.9 Å². The average Bonchev–Trinajstić information content (AvgIpc) is 3.42. The molecule has 0 amide bonds. The number of rotatable bonds is 6. The zero-order valence-corrected chi connectivity index (χ0v) is 17.0. The summed E-state index contributed by atoms with van der Waals surface area (Å²) in [6.45, 7) is 2.34. The third-order valence-corrected chi connectivity index (χ3v) is 4.59. The second-order valence-electron chi connectivity index (χ2n) is 6.85. The zero-order chi connectivity index (χ0) is 21.8.